The van der Waals surface area contributed by atoms with Gasteiger partial charge in [0.15, 0.2) is 0 Å². The highest BCUT2D eigenvalue weighted by Crippen LogP contribution is 2.13. The number of hydrogen-bond acceptors (Lipinski definition) is 4. The molecule has 0 spiro atoms. The molecule has 22 heavy (non-hydrogen) atoms. The number of urea groups is 1. The third-order valence-corrected chi connectivity index (χ3v) is 2.74. The molecule has 0 aromatic heterocycles. The molecule has 0 bridgehead atoms. The Morgan fingerprint density at radius 1 is 1.27 bits per heavy atom. The van der Waals surface area contributed by atoms with Crippen LogP contribution in [-0.2, 0) is 11.3 Å². The van der Waals surface area contributed by atoms with E-state index in [1.165, 1.54) is 0 Å². The van der Waals surface area contributed by atoms with E-state index in [0.717, 1.165) is 11.3 Å². The number of likely N-dealkylation sites (N-methyl/N-ethyl adjacent to an activating group) is 1. The van der Waals surface area contributed by atoms with Gasteiger partial charge in [-0.25, -0.2) is 4.79 Å². The highest BCUT2D eigenvalue weighted by atomic mass is 16.5. The number of nitrogens with zero attached hydrogens (tertiary/aromatic N) is 1. The molecule has 2 N–H and O–H groups in total. The van der Waals surface area contributed by atoms with Crippen molar-refractivity contribution in [2.75, 3.05) is 20.7 Å². The summed E-state index contributed by atoms with van der Waals surface area (Å²) in [6.07, 6.45) is 0. The van der Waals surface area contributed by atoms with Crippen molar-refractivity contribution in [3.63, 3.8) is 0 Å². The van der Waals surface area contributed by atoms with Crippen molar-refractivity contribution >= 4 is 11.9 Å². The fraction of sp³-hybridized carbons (Fsp3) is 0.500. The van der Waals surface area contributed by atoms with Crippen LogP contribution in [0.25, 0.3) is 0 Å². The Kier molecular flexibility index (Phi) is 6.37. The number of hydrogen-bond donors (Lipinski definition) is 2. The number of imide groups is 1. The first-order valence-electron chi connectivity index (χ1n) is 7.13. The molecule has 0 aliphatic heterocycles. The molecule has 0 unspecified atom stereocenters. The van der Waals surface area contributed by atoms with Gasteiger partial charge >= 0.3 is 6.03 Å². The fourth-order valence-electron chi connectivity index (χ4n) is 1.92. The van der Waals surface area contributed by atoms with Crippen LogP contribution in [0.1, 0.15) is 26.3 Å². The van der Waals surface area contributed by atoms with E-state index in [1.54, 1.807) is 7.11 Å². The first-order chi connectivity index (χ1) is 10.2. The minimum atomic E-state index is -0.479. The van der Waals surface area contributed by atoms with Gasteiger partial charge in [-0.3, -0.25) is 15.0 Å². The average Bonchev–Trinajstić information content (AvgIpc) is 2.35. The van der Waals surface area contributed by atoms with E-state index in [1.807, 2.05) is 57.0 Å². The van der Waals surface area contributed by atoms with Gasteiger partial charge in [0.05, 0.1) is 13.7 Å². The van der Waals surface area contributed by atoms with Crippen molar-refractivity contribution in [2.45, 2.75) is 32.9 Å². The molecule has 0 saturated heterocycles. The van der Waals surface area contributed by atoms with Crippen molar-refractivity contribution in [3.05, 3.63) is 29.8 Å². The summed E-state index contributed by atoms with van der Waals surface area (Å²) in [6, 6.07) is 7.17. The molecule has 122 valence electrons. The number of rotatable bonds is 5. The molecular formula is C16H25N3O3. The van der Waals surface area contributed by atoms with Gasteiger partial charge in [-0.1, -0.05) is 12.1 Å². The minimum absolute atomic E-state index is 0.134. The van der Waals surface area contributed by atoms with E-state index < -0.39 is 6.03 Å². The van der Waals surface area contributed by atoms with E-state index in [4.69, 9.17) is 4.74 Å². The Morgan fingerprint density at radius 3 is 2.55 bits per heavy atom. The maximum atomic E-state index is 11.8. The Labute approximate surface area is 131 Å². The zero-order chi connectivity index (χ0) is 16.8. The van der Waals surface area contributed by atoms with E-state index in [-0.39, 0.29) is 18.0 Å². The topological polar surface area (TPSA) is 70.7 Å². The van der Waals surface area contributed by atoms with Gasteiger partial charge in [-0.2, -0.15) is 0 Å². The second-order valence-corrected chi connectivity index (χ2v) is 6.28. The Hall–Kier alpha value is -2.08. The van der Waals surface area contributed by atoms with E-state index in [2.05, 4.69) is 10.6 Å². The number of nitrogens with one attached hydrogen (secondary N) is 2. The van der Waals surface area contributed by atoms with Crippen LogP contribution in [0.15, 0.2) is 24.3 Å². The van der Waals surface area contributed by atoms with Gasteiger partial charge in [-0.15, -0.1) is 0 Å². The van der Waals surface area contributed by atoms with Crippen LogP contribution in [0.3, 0.4) is 0 Å². The van der Waals surface area contributed by atoms with Crippen molar-refractivity contribution in [1.29, 1.82) is 0 Å². The summed E-state index contributed by atoms with van der Waals surface area (Å²) >= 11 is 0. The highest BCUT2D eigenvalue weighted by molar-refractivity contribution is 5.95. The lowest BCUT2D eigenvalue weighted by atomic mass is 10.1. The third-order valence-electron chi connectivity index (χ3n) is 2.74. The molecule has 0 saturated carbocycles. The van der Waals surface area contributed by atoms with Gasteiger partial charge in [0.2, 0.25) is 5.91 Å². The zero-order valence-corrected chi connectivity index (χ0v) is 13.9. The van der Waals surface area contributed by atoms with Crippen molar-refractivity contribution < 1.29 is 14.3 Å². The third kappa shape index (κ3) is 7.08. The average molecular weight is 307 g/mol. The number of methoxy groups -OCH3 is 1. The molecule has 0 aliphatic carbocycles. The molecule has 6 nitrogen and oxygen atoms in total. The standard InChI is InChI=1S/C16H25N3O3/c1-16(2,3)18-15(21)17-14(20)11-19(4)10-12-7-6-8-13(9-12)22-5/h6-9H,10-11H2,1-5H3,(H2,17,18,20,21). The molecular weight excluding hydrogens is 282 g/mol. The first kappa shape index (κ1) is 18.0. The molecule has 0 heterocycles. The summed E-state index contributed by atoms with van der Waals surface area (Å²) in [7, 11) is 3.44. The van der Waals surface area contributed by atoms with E-state index in [0.29, 0.717) is 6.54 Å². The summed E-state index contributed by atoms with van der Waals surface area (Å²) in [6.45, 7) is 6.28. The molecule has 1 aromatic rings. The van der Waals surface area contributed by atoms with Gasteiger partial charge < -0.3 is 10.1 Å². The molecule has 6 heteroatoms. The summed E-state index contributed by atoms with van der Waals surface area (Å²) in [5, 5.41) is 5.00. The van der Waals surface area contributed by atoms with Crippen LogP contribution in [-0.4, -0.2) is 43.1 Å². The van der Waals surface area contributed by atoms with Crippen LogP contribution < -0.4 is 15.4 Å². The van der Waals surface area contributed by atoms with E-state index in [9.17, 15) is 9.59 Å². The number of carbonyl (C=O) groups excluding carboxylic acids is 2. The second-order valence-electron chi connectivity index (χ2n) is 6.28. The molecule has 1 aromatic carbocycles. The summed E-state index contributed by atoms with van der Waals surface area (Å²) in [5.41, 5.74) is 0.658. The number of amides is 3. The molecule has 0 fully saturated rings. The van der Waals surface area contributed by atoms with Crippen LogP contribution in [0.2, 0.25) is 0 Å². The zero-order valence-electron chi connectivity index (χ0n) is 13.9. The van der Waals surface area contributed by atoms with Crippen molar-refractivity contribution in [2.24, 2.45) is 0 Å². The lowest BCUT2D eigenvalue weighted by Gasteiger charge is -2.21. The smallest absolute Gasteiger partial charge is 0.321 e. The Balaban J connectivity index is 2.45. The van der Waals surface area contributed by atoms with Crippen LogP contribution >= 0.6 is 0 Å². The van der Waals surface area contributed by atoms with Gasteiger partial charge in [0.25, 0.3) is 0 Å². The van der Waals surface area contributed by atoms with Gasteiger partial charge in [-0.05, 0) is 45.5 Å². The fourth-order valence-corrected chi connectivity index (χ4v) is 1.92. The van der Waals surface area contributed by atoms with E-state index >= 15 is 0 Å². The van der Waals surface area contributed by atoms with Gasteiger partial charge in [0, 0.05) is 12.1 Å². The summed E-state index contributed by atoms with van der Waals surface area (Å²) in [4.78, 5) is 25.3. The molecule has 0 aliphatic rings. The monoisotopic (exact) mass is 307 g/mol. The van der Waals surface area contributed by atoms with Crippen LogP contribution in [0.4, 0.5) is 4.79 Å². The normalized spacial score (nSPS) is 11.2. The first-order valence-corrected chi connectivity index (χ1v) is 7.13. The molecule has 0 atom stereocenters. The molecule has 3 amide bonds. The predicted molar refractivity (Wildman–Crippen MR) is 85.8 cm³/mol. The summed E-state index contributed by atoms with van der Waals surface area (Å²) < 4.78 is 5.17. The molecule has 0 radical (unpaired) electrons. The lowest BCUT2D eigenvalue weighted by Crippen LogP contribution is -2.50. The maximum absolute atomic E-state index is 11.8. The van der Waals surface area contributed by atoms with Crippen LogP contribution in [0, 0.1) is 0 Å². The predicted octanol–water partition coefficient (Wildman–Crippen LogP) is 1.75. The SMILES string of the molecule is COc1cccc(CN(C)CC(=O)NC(=O)NC(C)(C)C)c1. The Bertz CT molecular complexity index is 524. The number of ether oxygens (including phenoxy) is 1. The largest absolute Gasteiger partial charge is 0.497 e. The highest BCUT2D eigenvalue weighted by Gasteiger charge is 2.16. The summed E-state index contributed by atoms with van der Waals surface area (Å²) in [5.74, 6) is 0.437. The number of carbonyl (C=O) groups is 2. The van der Waals surface area contributed by atoms with Gasteiger partial charge in [0.1, 0.15) is 5.75 Å². The lowest BCUT2D eigenvalue weighted by molar-refractivity contribution is -0.121. The maximum Gasteiger partial charge on any atom is 0.321 e. The van der Waals surface area contributed by atoms with Crippen molar-refractivity contribution in [3.8, 4) is 5.75 Å². The second kappa shape index (κ2) is 7.79. The number of benzene rings is 1. The minimum Gasteiger partial charge on any atom is -0.497 e. The van der Waals surface area contributed by atoms with Crippen molar-refractivity contribution in [1.82, 2.24) is 15.5 Å². The molecule has 1 rings (SSSR count). The van der Waals surface area contributed by atoms with Crippen LogP contribution in [0.5, 0.6) is 5.75 Å². The quantitative estimate of drug-likeness (QED) is 0.869. The Morgan fingerprint density at radius 2 is 1.95 bits per heavy atom.